The molecular formula is C37H46Cl4N4. The van der Waals surface area contributed by atoms with Gasteiger partial charge < -0.3 is 10.6 Å². The molecule has 3 aliphatic carbocycles. The summed E-state index contributed by atoms with van der Waals surface area (Å²) in [4.78, 5) is 10.1. The van der Waals surface area contributed by atoms with E-state index in [1.165, 1.54) is 102 Å². The molecule has 0 saturated carbocycles. The molecule has 2 bridgehead atoms. The minimum Gasteiger partial charge on any atom is -0.384 e. The Morgan fingerprint density at radius 2 is 1.44 bits per heavy atom. The summed E-state index contributed by atoms with van der Waals surface area (Å²) < 4.78 is 0. The number of nitrogens with zero attached hydrogens (tertiary/aromatic N) is 2. The quantitative estimate of drug-likeness (QED) is 0.129. The smallest absolute Gasteiger partial charge is 0.0741 e. The third kappa shape index (κ3) is 7.67. The maximum absolute atomic E-state index is 6.38. The van der Waals surface area contributed by atoms with Gasteiger partial charge in [0.05, 0.1) is 11.0 Å². The van der Waals surface area contributed by atoms with Gasteiger partial charge >= 0.3 is 0 Å². The number of benzene rings is 2. The molecule has 0 saturated heterocycles. The van der Waals surface area contributed by atoms with Crippen LogP contribution in [0.25, 0.3) is 21.8 Å². The number of fused-ring (bicyclic) bond motifs is 7. The zero-order chi connectivity index (χ0) is 28.5. The van der Waals surface area contributed by atoms with E-state index in [2.05, 4.69) is 54.0 Å². The Balaban J connectivity index is 0.00000154. The fourth-order valence-electron chi connectivity index (χ4n) is 7.86. The molecule has 0 fully saturated rings. The first kappa shape index (κ1) is 35.6. The van der Waals surface area contributed by atoms with E-state index in [0.29, 0.717) is 11.8 Å². The van der Waals surface area contributed by atoms with Crippen molar-refractivity contribution in [3.63, 3.8) is 0 Å². The van der Waals surface area contributed by atoms with E-state index in [1.54, 1.807) is 0 Å². The maximum Gasteiger partial charge on any atom is 0.0741 e. The fourth-order valence-corrected chi connectivity index (χ4v) is 8.02. The van der Waals surface area contributed by atoms with Crippen LogP contribution in [0.5, 0.6) is 0 Å². The summed E-state index contributed by atoms with van der Waals surface area (Å²) >= 11 is 6.38. The lowest BCUT2D eigenvalue weighted by molar-refractivity contribution is 0.433. The van der Waals surface area contributed by atoms with Crippen LogP contribution in [0, 0.1) is 5.92 Å². The van der Waals surface area contributed by atoms with Gasteiger partial charge in [-0.3, -0.25) is 9.97 Å². The minimum atomic E-state index is 0. The number of unbranched alkanes of at least 4 members (excludes halogenated alkanes) is 4. The molecule has 0 spiro atoms. The molecule has 2 heterocycles. The van der Waals surface area contributed by atoms with Crippen molar-refractivity contribution in [1.29, 1.82) is 0 Å². The Kier molecular flexibility index (Phi) is 12.7. The van der Waals surface area contributed by atoms with Crippen LogP contribution in [-0.2, 0) is 19.3 Å². The first-order valence-corrected chi connectivity index (χ1v) is 16.7. The summed E-state index contributed by atoms with van der Waals surface area (Å²) in [5, 5.41) is 11.0. The zero-order valence-electron chi connectivity index (χ0n) is 26.2. The largest absolute Gasteiger partial charge is 0.384 e. The molecular weight excluding hydrogens is 642 g/mol. The van der Waals surface area contributed by atoms with Gasteiger partial charge in [0, 0.05) is 57.2 Å². The monoisotopic (exact) mass is 686 g/mol. The Morgan fingerprint density at radius 3 is 2.27 bits per heavy atom. The minimum absolute atomic E-state index is 0. The molecule has 0 aliphatic heterocycles. The molecule has 7 rings (SSSR count). The fraction of sp³-hybridized carbons (Fsp3) is 0.459. The molecule has 2 atom stereocenters. The highest BCUT2D eigenvalue weighted by Gasteiger charge is 2.33. The molecule has 0 radical (unpaired) electrons. The third-order valence-electron chi connectivity index (χ3n) is 9.73. The number of hydrogen-bond acceptors (Lipinski definition) is 4. The van der Waals surface area contributed by atoms with Gasteiger partial charge in [-0.05, 0) is 106 Å². The normalized spacial score (nSPS) is 18.0. The van der Waals surface area contributed by atoms with Crippen molar-refractivity contribution in [1.82, 2.24) is 9.97 Å². The van der Waals surface area contributed by atoms with Crippen molar-refractivity contribution in [2.75, 3.05) is 23.7 Å². The van der Waals surface area contributed by atoms with Crippen LogP contribution in [-0.4, -0.2) is 23.1 Å². The summed E-state index contributed by atoms with van der Waals surface area (Å²) in [5.74, 6) is 1.21. The number of aryl methyl sites for hydroxylation is 1. The average molecular weight is 689 g/mol. The van der Waals surface area contributed by atoms with Crippen molar-refractivity contribution >= 4 is 82.0 Å². The number of rotatable bonds is 10. The van der Waals surface area contributed by atoms with Crippen LogP contribution >= 0.6 is 48.8 Å². The number of aromatic nitrogens is 2. The first-order chi connectivity index (χ1) is 20.6. The molecule has 45 heavy (non-hydrogen) atoms. The number of hydrogen-bond donors (Lipinski definition) is 2. The van der Waals surface area contributed by atoms with Crippen molar-refractivity contribution in [3.8, 4) is 0 Å². The molecule has 242 valence electrons. The van der Waals surface area contributed by atoms with Gasteiger partial charge in [0.25, 0.3) is 0 Å². The predicted octanol–water partition coefficient (Wildman–Crippen LogP) is 11.1. The SMILES string of the molecule is CC1=C[C@@H]2Cc3nc4cc(Cl)ccc4c(NCCCCCCCNc4c5c(nc6ccccc46)CCCC5)c3[C@H](C1)C2.Cl.Cl.Cl. The maximum atomic E-state index is 6.38. The van der Waals surface area contributed by atoms with Gasteiger partial charge in [-0.2, -0.15) is 0 Å². The van der Waals surface area contributed by atoms with Gasteiger partial charge in [-0.1, -0.05) is 60.7 Å². The van der Waals surface area contributed by atoms with Gasteiger partial charge in [0.1, 0.15) is 0 Å². The van der Waals surface area contributed by atoms with E-state index in [-0.39, 0.29) is 37.2 Å². The van der Waals surface area contributed by atoms with Gasteiger partial charge in [0.2, 0.25) is 0 Å². The lowest BCUT2D eigenvalue weighted by Gasteiger charge is -2.36. The van der Waals surface area contributed by atoms with E-state index >= 15 is 0 Å². The molecule has 0 unspecified atom stereocenters. The third-order valence-corrected chi connectivity index (χ3v) is 9.97. The second-order valence-electron chi connectivity index (χ2n) is 12.9. The van der Waals surface area contributed by atoms with E-state index in [9.17, 15) is 0 Å². The Bertz CT molecular complexity index is 1650. The molecule has 2 aromatic heterocycles. The van der Waals surface area contributed by atoms with Crippen molar-refractivity contribution < 1.29 is 0 Å². The molecule has 2 aromatic carbocycles. The highest BCUT2D eigenvalue weighted by atomic mass is 35.5. The molecule has 8 heteroatoms. The van der Waals surface area contributed by atoms with Gasteiger partial charge in [-0.25, -0.2) is 0 Å². The van der Waals surface area contributed by atoms with Crippen LogP contribution in [0.15, 0.2) is 54.1 Å². The van der Waals surface area contributed by atoms with Crippen LogP contribution in [0.3, 0.4) is 0 Å². The molecule has 3 aliphatic rings. The van der Waals surface area contributed by atoms with Crippen LogP contribution in [0.4, 0.5) is 11.4 Å². The number of para-hydroxylation sites is 1. The highest BCUT2D eigenvalue weighted by Crippen LogP contribution is 2.47. The number of nitrogens with one attached hydrogen (secondary N) is 2. The number of halogens is 4. The van der Waals surface area contributed by atoms with Crippen LogP contribution in [0.2, 0.25) is 5.02 Å². The van der Waals surface area contributed by atoms with Gasteiger partial charge in [-0.15, -0.1) is 37.2 Å². The Hall–Kier alpha value is -2.24. The van der Waals surface area contributed by atoms with Crippen LogP contribution < -0.4 is 10.6 Å². The van der Waals surface area contributed by atoms with E-state index in [0.717, 1.165) is 54.8 Å². The number of anilines is 2. The molecule has 4 nitrogen and oxygen atoms in total. The van der Waals surface area contributed by atoms with Crippen molar-refractivity contribution in [2.24, 2.45) is 5.92 Å². The summed E-state index contributed by atoms with van der Waals surface area (Å²) in [5.41, 5.74) is 11.9. The Labute approximate surface area is 291 Å². The molecule has 4 aromatic rings. The average Bonchev–Trinajstić information content (AvgIpc) is 2.98. The lowest BCUT2D eigenvalue weighted by Crippen LogP contribution is -2.24. The predicted molar refractivity (Wildman–Crippen MR) is 200 cm³/mol. The van der Waals surface area contributed by atoms with Crippen LogP contribution in [0.1, 0.15) is 93.1 Å². The van der Waals surface area contributed by atoms with E-state index in [1.807, 2.05) is 12.1 Å². The summed E-state index contributed by atoms with van der Waals surface area (Å²) in [6.07, 6.45) is 16.9. The molecule has 0 amide bonds. The highest BCUT2D eigenvalue weighted by molar-refractivity contribution is 6.31. The Morgan fingerprint density at radius 1 is 0.756 bits per heavy atom. The topological polar surface area (TPSA) is 49.8 Å². The van der Waals surface area contributed by atoms with Crippen molar-refractivity contribution in [3.05, 3.63) is 81.7 Å². The van der Waals surface area contributed by atoms with E-state index < -0.39 is 0 Å². The first-order valence-electron chi connectivity index (χ1n) is 16.3. The number of pyridine rings is 2. The van der Waals surface area contributed by atoms with Crippen molar-refractivity contribution in [2.45, 2.75) is 89.9 Å². The standard InChI is InChI=1S/C37H43ClN4.3ClH/c1-24-19-25-21-26(20-24)35-34(22-25)42-33-23-27(38)15-16-30(33)37(35)40-18-10-4-2-3-9-17-39-36-28-11-5-7-13-31(28)41-32-14-8-6-12-29(32)36;;;/h5,7,11,13,15-16,19,23,25-26H,2-4,6,8-10,12,14,17-18,20-22H2,1H3,(H,39,41)(H,40,42);3*1H/t25-,26+;;;/m0.../s1. The summed E-state index contributed by atoms with van der Waals surface area (Å²) in [7, 11) is 0. The second-order valence-corrected chi connectivity index (χ2v) is 13.3. The summed E-state index contributed by atoms with van der Waals surface area (Å²) in [6, 6.07) is 14.9. The zero-order valence-corrected chi connectivity index (χ0v) is 29.4. The number of allylic oxidation sites excluding steroid dienone is 2. The summed E-state index contributed by atoms with van der Waals surface area (Å²) in [6.45, 7) is 4.34. The second kappa shape index (κ2) is 16.0. The lowest BCUT2D eigenvalue weighted by atomic mass is 9.71. The molecule has 2 N–H and O–H groups in total. The van der Waals surface area contributed by atoms with E-state index in [4.69, 9.17) is 21.6 Å². The van der Waals surface area contributed by atoms with Gasteiger partial charge in [0.15, 0.2) is 0 Å².